The number of urea groups is 1. The number of amides is 3. The summed E-state index contributed by atoms with van der Waals surface area (Å²) in [4.78, 5) is 25.6. The predicted octanol–water partition coefficient (Wildman–Crippen LogP) is 3.09. The van der Waals surface area contributed by atoms with Crippen molar-refractivity contribution in [1.82, 2.24) is 14.9 Å². The van der Waals surface area contributed by atoms with Crippen molar-refractivity contribution >= 4 is 18.2 Å². The smallest absolute Gasteiger partial charge is 0.346 e. The summed E-state index contributed by atoms with van der Waals surface area (Å²) in [5, 5.41) is 7.89. The van der Waals surface area contributed by atoms with Crippen LogP contribution in [0.1, 0.15) is 42.3 Å². The fourth-order valence-corrected chi connectivity index (χ4v) is 4.20. The number of nitrogens with zero attached hydrogens (tertiary/aromatic N) is 3. The Morgan fingerprint density at radius 2 is 2.03 bits per heavy atom. The van der Waals surface area contributed by atoms with Gasteiger partial charge in [-0.15, -0.1) is 5.01 Å². The molecule has 1 N–H and O–H groups in total. The van der Waals surface area contributed by atoms with Crippen molar-refractivity contribution in [2.45, 2.75) is 51.8 Å². The highest BCUT2D eigenvalue weighted by Gasteiger charge is 2.49. The molecule has 0 unspecified atom stereocenters. The van der Waals surface area contributed by atoms with Gasteiger partial charge in [0, 0.05) is 30.1 Å². The molecule has 8 heteroatoms. The standard InChI is InChI=1S/C23H28N4O4/c1-15-12-17(16(2)26(15)14-20-6-5-11-31-20)13-24-27-21(28)23(3,25-22(27)29)18-7-9-19(30-4)10-8-18/h7-10,12-13,20H,5-6,11,14H2,1-4H3,(H,25,29)/b24-13-/t20-,23+/m0/s1. The summed E-state index contributed by atoms with van der Waals surface area (Å²) >= 11 is 0. The van der Waals surface area contributed by atoms with E-state index in [-0.39, 0.29) is 6.10 Å². The van der Waals surface area contributed by atoms with Crippen LogP contribution in [-0.4, -0.2) is 47.5 Å². The Morgan fingerprint density at radius 3 is 2.68 bits per heavy atom. The second-order valence-electron chi connectivity index (χ2n) is 8.22. The number of aromatic nitrogens is 1. The van der Waals surface area contributed by atoms with Gasteiger partial charge in [-0.1, -0.05) is 12.1 Å². The SMILES string of the molecule is COc1ccc([C@@]2(C)NC(=O)N(/N=C\c3cc(C)n(C[C@@H]4CCCO4)c3C)C2=O)cc1. The summed E-state index contributed by atoms with van der Waals surface area (Å²) in [7, 11) is 1.58. The monoisotopic (exact) mass is 424 g/mol. The summed E-state index contributed by atoms with van der Waals surface area (Å²) < 4.78 is 13.1. The number of hydrogen-bond donors (Lipinski definition) is 1. The summed E-state index contributed by atoms with van der Waals surface area (Å²) in [5.41, 5.74) is 2.47. The summed E-state index contributed by atoms with van der Waals surface area (Å²) in [6.07, 6.45) is 3.96. The zero-order valence-corrected chi connectivity index (χ0v) is 18.3. The highest BCUT2D eigenvalue weighted by molar-refractivity contribution is 6.07. The first kappa shape index (κ1) is 21.1. The van der Waals surface area contributed by atoms with E-state index in [1.807, 2.05) is 19.9 Å². The molecule has 4 rings (SSSR count). The normalized spacial score (nSPS) is 23.7. The van der Waals surface area contributed by atoms with Crippen molar-refractivity contribution in [1.29, 1.82) is 0 Å². The Bertz CT molecular complexity index is 1020. The van der Waals surface area contributed by atoms with Crippen LogP contribution in [0.25, 0.3) is 0 Å². The van der Waals surface area contributed by atoms with Crippen LogP contribution in [0.15, 0.2) is 35.4 Å². The molecule has 3 heterocycles. The molecule has 2 aliphatic rings. The first-order valence-electron chi connectivity index (χ1n) is 10.5. The third-order valence-corrected chi connectivity index (χ3v) is 6.17. The maximum atomic E-state index is 13.1. The third-order valence-electron chi connectivity index (χ3n) is 6.17. The number of aryl methyl sites for hydroxylation is 1. The molecule has 2 aliphatic heterocycles. The minimum atomic E-state index is -1.18. The van der Waals surface area contributed by atoms with E-state index in [1.54, 1.807) is 44.5 Å². The summed E-state index contributed by atoms with van der Waals surface area (Å²) in [6.45, 7) is 7.34. The number of ether oxygens (including phenoxy) is 2. The Hall–Kier alpha value is -3.13. The number of benzene rings is 1. The molecule has 0 bridgehead atoms. The van der Waals surface area contributed by atoms with Gasteiger partial charge in [0.15, 0.2) is 0 Å². The first-order valence-corrected chi connectivity index (χ1v) is 10.5. The van der Waals surface area contributed by atoms with E-state index in [1.165, 1.54) is 0 Å². The Labute approximate surface area is 181 Å². The van der Waals surface area contributed by atoms with Crippen molar-refractivity contribution in [3.8, 4) is 5.75 Å². The highest BCUT2D eigenvalue weighted by Crippen LogP contribution is 2.30. The van der Waals surface area contributed by atoms with Crippen molar-refractivity contribution in [3.63, 3.8) is 0 Å². The first-order chi connectivity index (χ1) is 14.8. The molecule has 0 radical (unpaired) electrons. The van der Waals surface area contributed by atoms with E-state index in [0.717, 1.165) is 48.0 Å². The Morgan fingerprint density at radius 1 is 1.29 bits per heavy atom. The van der Waals surface area contributed by atoms with Crippen molar-refractivity contribution in [2.75, 3.05) is 13.7 Å². The average molecular weight is 425 g/mol. The van der Waals surface area contributed by atoms with Crippen LogP contribution in [0.5, 0.6) is 5.75 Å². The number of hydrazone groups is 1. The van der Waals surface area contributed by atoms with Gasteiger partial charge in [0.2, 0.25) is 0 Å². The highest BCUT2D eigenvalue weighted by atomic mass is 16.5. The van der Waals surface area contributed by atoms with E-state index < -0.39 is 17.5 Å². The molecule has 8 nitrogen and oxygen atoms in total. The van der Waals surface area contributed by atoms with Gasteiger partial charge in [-0.05, 0) is 57.4 Å². The number of hydrogen-bond acceptors (Lipinski definition) is 5. The third kappa shape index (κ3) is 3.83. The second kappa shape index (κ2) is 8.19. The maximum Gasteiger partial charge on any atom is 0.346 e. The molecule has 2 atom stereocenters. The molecule has 1 aromatic heterocycles. The Kier molecular flexibility index (Phi) is 5.58. The average Bonchev–Trinajstić information content (AvgIpc) is 3.43. The van der Waals surface area contributed by atoms with Crippen molar-refractivity contribution < 1.29 is 19.1 Å². The molecule has 2 saturated heterocycles. The molecule has 0 saturated carbocycles. The minimum Gasteiger partial charge on any atom is -0.497 e. The molecule has 164 valence electrons. The van der Waals surface area contributed by atoms with E-state index in [2.05, 4.69) is 15.0 Å². The van der Waals surface area contributed by atoms with Crippen LogP contribution in [0, 0.1) is 13.8 Å². The molecular weight excluding hydrogens is 396 g/mol. The quantitative estimate of drug-likeness (QED) is 0.570. The lowest BCUT2D eigenvalue weighted by Crippen LogP contribution is -2.40. The van der Waals surface area contributed by atoms with Gasteiger partial charge < -0.3 is 19.4 Å². The molecule has 2 fully saturated rings. The zero-order chi connectivity index (χ0) is 22.2. The fraction of sp³-hybridized carbons (Fsp3) is 0.435. The minimum absolute atomic E-state index is 0.228. The molecule has 3 amide bonds. The van der Waals surface area contributed by atoms with E-state index in [0.29, 0.717) is 11.3 Å². The fourth-order valence-electron chi connectivity index (χ4n) is 4.20. The molecular formula is C23H28N4O4. The number of nitrogens with one attached hydrogen (secondary N) is 1. The summed E-state index contributed by atoms with van der Waals surface area (Å²) in [5.74, 6) is 0.254. The lowest BCUT2D eigenvalue weighted by atomic mass is 9.92. The van der Waals surface area contributed by atoms with Crippen LogP contribution in [0.4, 0.5) is 4.79 Å². The number of carbonyl (C=O) groups excluding carboxylic acids is 2. The lowest BCUT2D eigenvalue weighted by molar-refractivity contribution is -0.131. The Balaban J connectivity index is 1.54. The number of rotatable bonds is 6. The largest absolute Gasteiger partial charge is 0.497 e. The van der Waals surface area contributed by atoms with Gasteiger partial charge in [0.1, 0.15) is 11.3 Å². The lowest BCUT2D eigenvalue weighted by Gasteiger charge is -2.21. The molecule has 2 aromatic rings. The molecule has 1 aromatic carbocycles. The van der Waals surface area contributed by atoms with E-state index in [4.69, 9.17) is 9.47 Å². The number of methoxy groups -OCH3 is 1. The van der Waals surface area contributed by atoms with Gasteiger partial charge in [-0.25, -0.2) is 4.79 Å². The molecule has 0 aliphatic carbocycles. The van der Waals surface area contributed by atoms with E-state index in [9.17, 15) is 9.59 Å². The summed E-state index contributed by atoms with van der Waals surface area (Å²) in [6, 6.07) is 8.51. The number of carbonyl (C=O) groups is 2. The van der Waals surface area contributed by atoms with Crippen LogP contribution < -0.4 is 10.1 Å². The van der Waals surface area contributed by atoms with Gasteiger partial charge in [-0.3, -0.25) is 4.79 Å². The zero-order valence-electron chi connectivity index (χ0n) is 18.3. The van der Waals surface area contributed by atoms with Crippen LogP contribution in [0.2, 0.25) is 0 Å². The molecule has 31 heavy (non-hydrogen) atoms. The topological polar surface area (TPSA) is 85.2 Å². The molecule has 0 spiro atoms. The second-order valence-corrected chi connectivity index (χ2v) is 8.22. The predicted molar refractivity (Wildman–Crippen MR) is 116 cm³/mol. The van der Waals surface area contributed by atoms with Crippen molar-refractivity contribution in [3.05, 3.63) is 52.8 Å². The van der Waals surface area contributed by atoms with Gasteiger partial charge in [-0.2, -0.15) is 5.10 Å². The van der Waals surface area contributed by atoms with Crippen molar-refractivity contribution in [2.24, 2.45) is 5.10 Å². The van der Waals surface area contributed by atoms with Crippen LogP contribution in [0.3, 0.4) is 0 Å². The van der Waals surface area contributed by atoms with Crippen LogP contribution >= 0.6 is 0 Å². The van der Waals surface area contributed by atoms with Gasteiger partial charge in [0.05, 0.1) is 19.4 Å². The van der Waals surface area contributed by atoms with E-state index >= 15 is 0 Å². The van der Waals surface area contributed by atoms with Gasteiger partial charge >= 0.3 is 6.03 Å². The van der Waals surface area contributed by atoms with Gasteiger partial charge in [0.25, 0.3) is 5.91 Å². The number of imide groups is 1. The van der Waals surface area contributed by atoms with Crippen LogP contribution in [-0.2, 0) is 21.6 Å². The maximum absolute atomic E-state index is 13.1.